The summed E-state index contributed by atoms with van der Waals surface area (Å²) in [6, 6.07) is 6.76. The normalized spacial score (nSPS) is 18.1. The minimum Gasteiger partial charge on any atom is -0.382 e. The molecule has 0 heterocycles. The Morgan fingerprint density at radius 3 is 2.42 bits per heavy atom. The monoisotopic (exact) mass is 283 g/mol. The first-order chi connectivity index (χ1) is 8.85. The van der Waals surface area contributed by atoms with Gasteiger partial charge >= 0.3 is 0 Å². The summed E-state index contributed by atoms with van der Waals surface area (Å²) in [5.74, 6) is 0. The van der Waals surface area contributed by atoms with Crippen molar-refractivity contribution in [1.29, 1.82) is 0 Å². The molecule has 0 saturated heterocycles. The molecular weight excluding hydrogens is 262 g/mol. The van der Waals surface area contributed by atoms with Crippen LogP contribution >= 0.6 is 0 Å². The van der Waals surface area contributed by atoms with Gasteiger partial charge in [0.15, 0.2) is 0 Å². The van der Waals surface area contributed by atoms with Crippen LogP contribution in [0.2, 0.25) is 0 Å². The number of nitrogens with zero attached hydrogens (tertiary/aromatic N) is 1. The Bertz CT molecular complexity index is 551. The zero-order valence-electron chi connectivity index (χ0n) is 11.4. The van der Waals surface area contributed by atoms with Gasteiger partial charge in [0.05, 0.1) is 5.69 Å². The molecule has 19 heavy (non-hydrogen) atoms. The Morgan fingerprint density at radius 1 is 1.32 bits per heavy atom. The van der Waals surface area contributed by atoms with E-state index in [1.807, 2.05) is 0 Å². The summed E-state index contributed by atoms with van der Waals surface area (Å²) in [5.41, 5.74) is 0.712. The van der Waals surface area contributed by atoms with E-state index in [0.717, 1.165) is 19.4 Å². The van der Waals surface area contributed by atoms with Crippen molar-refractivity contribution in [3.8, 4) is 0 Å². The molecule has 1 aliphatic rings. The lowest BCUT2D eigenvalue weighted by Crippen LogP contribution is -2.54. The molecule has 0 spiro atoms. The Morgan fingerprint density at radius 2 is 1.95 bits per heavy atom. The number of rotatable bonds is 5. The zero-order chi connectivity index (χ0) is 14.1. The third-order valence-corrected chi connectivity index (χ3v) is 5.00. The summed E-state index contributed by atoms with van der Waals surface area (Å²) in [7, 11) is 0.438. The molecule has 0 bridgehead atoms. The highest BCUT2D eigenvalue weighted by Crippen LogP contribution is 2.36. The SMILES string of the molecule is CN(C)C1(CNc2ccccc2S(N)(=O)=O)CCC1. The molecule has 1 saturated carbocycles. The van der Waals surface area contributed by atoms with Gasteiger partial charge in [-0.3, -0.25) is 0 Å². The number of benzene rings is 1. The fourth-order valence-electron chi connectivity index (χ4n) is 2.49. The molecule has 3 N–H and O–H groups in total. The van der Waals surface area contributed by atoms with Gasteiger partial charge in [-0.15, -0.1) is 0 Å². The number of sulfonamides is 1. The number of likely N-dealkylation sites (N-methyl/N-ethyl adjacent to an activating group) is 1. The van der Waals surface area contributed by atoms with E-state index in [2.05, 4.69) is 24.3 Å². The van der Waals surface area contributed by atoms with Crippen molar-refractivity contribution in [3.63, 3.8) is 0 Å². The van der Waals surface area contributed by atoms with Crippen LogP contribution in [0.3, 0.4) is 0 Å². The Hall–Kier alpha value is -1.11. The largest absolute Gasteiger partial charge is 0.382 e. The van der Waals surface area contributed by atoms with Crippen molar-refractivity contribution >= 4 is 15.7 Å². The molecule has 1 aromatic carbocycles. The molecule has 5 nitrogen and oxygen atoms in total. The van der Waals surface area contributed by atoms with Gasteiger partial charge in [0, 0.05) is 12.1 Å². The van der Waals surface area contributed by atoms with Gasteiger partial charge < -0.3 is 10.2 Å². The molecule has 0 atom stereocenters. The number of anilines is 1. The van der Waals surface area contributed by atoms with Crippen molar-refractivity contribution in [2.75, 3.05) is 26.0 Å². The molecule has 1 fully saturated rings. The van der Waals surface area contributed by atoms with E-state index in [0.29, 0.717) is 5.69 Å². The Kier molecular flexibility index (Phi) is 3.85. The number of para-hydroxylation sites is 1. The maximum Gasteiger partial charge on any atom is 0.240 e. The van der Waals surface area contributed by atoms with Gasteiger partial charge in [-0.2, -0.15) is 0 Å². The summed E-state index contributed by atoms with van der Waals surface area (Å²) in [6.07, 6.45) is 3.48. The lowest BCUT2D eigenvalue weighted by molar-refractivity contribution is 0.0738. The minimum absolute atomic E-state index is 0.130. The van der Waals surface area contributed by atoms with Crippen molar-refractivity contribution in [3.05, 3.63) is 24.3 Å². The van der Waals surface area contributed by atoms with Crippen LogP contribution < -0.4 is 10.5 Å². The summed E-state index contributed by atoms with van der Waals surface area (Å²) in [5, 5.41) is 8.47. The molecule has 0 aliphatic heterocycles. The minimum atomic E-state index is -3.69. The second kappa shape index (κ2) is 5.11. The molecular formula is C13H21N3O2S. The molecule has 106 valence electrons. The Labute approximate surface area is 114 Å². The van der Waals surface area contributed by atoms with E-state index in [-0.39, 0.29) is 10.4 Å². The van der Waals surface area contributed by atoms with Gasteiger partial charge in [-0.25, -0.2) is 13.6 Å². The maximum atomic E-state index is 11.5. The highest BCUT2D eigenvalue weighted by molar-refractivity contribution is 7.89. The van der Waals surface area contributed by atoms with Crippen LogP contribution in [0.4, 0.5) is 5.69 Å². The smallest absolute Gasteiger partial charge is 0.240 e. The van der Waals surface area contributed by atoms with E-state index in [9.17, 15) is 8.42 Å². The third kappa shape index (κ3) is 2.91. The predicted octanol–water partition coefficient (Wildman–Crippen LogP) is 1.23. The first-order valence-corrected chi connectivity index (χ1v) is 7.93. The molecule has 0 unspecified atom stereocenters. The summed E-state index contributed by atoms with van der Waals surface area (Å²) >= 11 is 0. The molecule has 1 aromatic rings. The first-order valence-electron chi connectivity index (χ1n) is 6.38. The Balaban J connectivity index is 2.17. The number of nitrogens with two attached hydrogens (primary N) is 1. The standard InChI is InChI=1S/C13H21N3O2S/c1-16(2)13(8-5-9-13)10-15-11-6-3-4-7-12(11)19(14,17)18/h3-4,6-7,15H,5,8-10H2,1-2H3,(H2,14,17,18). The van der Waals surface area contributed by atoms with E-state index in [1.54, 1.807) is 18.2 Å². The second-order valence-electron chi connectivity index (χ2n) is 5.37. The van der Waals surface area contributed by atoms with Crippen LogP contribution in [0.25, 0.3) is 0 Å². The lowest BCUT2D eigenvalue weighted by atomic mass is 9.75. The summed E-state index contributed by atoms with van der Waals surface area (Å²) in [6.45, 7) is 0.729. The number of hydrogen-bond acceptors (Lipinski definition) is 4. The van der Waals surface area contributed by atoms with E-state index in [4.69, 9.17) is 5.14 Å². The van der Waals surface area contributed by atoms with Gasteiger partial charge in [-0.05, 0) is 45.5 Å². The molecule has 0 amide bonds. The van der Waals surface area contributed by atoms with Gasteiger partial charge in [0.2, 0.25) is 10.0 Å². The van der Waals surface area contributed by atoms with Crippen molar-refractivity contribution in [1.82, 2.24) is 4.90 Å². The van der Waals surface area contributed by atoms with Gasteiger partial charge in [-0.1, -0.05) is 12.1 Å². The number of primary sulfonamides is 1. The highest BCUT2D eigenvalue weighted by Gasteiger charge is 2.38. The van der Waals surface area contributed by atoms with Crippen LogP contribution in [0, 0.1) is 0 Å². The first kappa shape index (κ1) is 14.3. The van der Waals surface area contributed by atoms with Crippen molar-refractivity contribution < 1.29 is 8.42 Å². The second-order valence-corrected chi connectivity index (χ2v) is 6.90. The maximum absolute atomic E-state index is 11.5. The average molecular weight is 283 g/mol. The quantitative estimate of drug-likeness (QED) is 0.852. The third-order valence-electron chi connectivity index (χ3n) is 4.03. The van der Waals surface area contributed by atoms with Crippen LogP contribution in [-0.2, 0) is 10.0 Å². The lowest BCUT2D eigenvalue weighted by Gasteiger charge is -2.47. The summed E-state index contributed by atoms with van der Waals surface area (Å²) in [4.78, 5) is 2.37. The number of nitrogens with one attached hydrogen (secondary N) is 1. The average Bonchev–Trinajstić information content (AvgIpc) is 2.26. The fourth-order valence-corrected chi connectivity index (χ4v) is 3.20. The van der Waals surface area contributed by atoms with Crippen LogP contribution in [-0.4, -0.2) is 39.5 Å². The predicted molar refractivity (Wildman–Crippen MR) is 76.6 cm³/mol. The molecule has 6 heteroatoms. The van der Waals surface area contributed by atoms with E-state index in [1.165, 1.54) is 12.5 Å². The zero-order valence-corrected chi connectivity index (χ0v) is 12.2. The van der Waals surface area contributed by atoms with E-state index >= 15 is 0 Å². The molecule has 0 radical (unpaired) electrons. The molecule has 1 aliphatic carbocycles. The van der Waals surface area contributed by atoms with Crippen LogP contribution in [0.1, 0.15) is 19.3 Å². The molecule has 0 aromatic heterocycles. The summed E-state index contributed by atoms with van der Waals surface area (Å²) < 4.78 is 23.0. The molecule has 2 rings (SSSR count). The fraction of sp³-hybridized carbons (Fsp3) is 0.538. The van der Waals surface area contributed by atoms with Crippen LogP contribution in [0.5, 0.6) is 0 Å². The van der Waals surface area contributed by atoms with Gasteiger partial charge in [0.25, 0.3) is 0 Å². The topological polar surface area (TPSA) is 75.4 Å². The van der Waals surface area contributed by atoms with Gasteiger partial charge in [0.1, 0.15) is 4.90 Å². The number of hydrogen-bond donors (Lipinski definition) is 2. The van der Waals surface area contributed by atoms with Crippen molar-refractivity contribution in [2.45, 2.75) is 29.7 Å². The van der Waals surface area contributed by atoms with E-state index < -0.39 is 10.0 Å². The van der Waals surface area contributed by atoms with Crippen molar-refractivity contribution in [2.24, 2.45) is 5.14 Å². The highest BCUT2D eigenvalue weighted by atomic mass is 32.2. The van der Waals surface area contributed by atoms with Crippen LogP contribution in [0.15, 0.2) is 29.2 Å².